The van der Waals surface area contributed by atoms with Gasteiger partial charge in [-0.2, -0.15) is 10.1 Å². The zero-order valence-electron chi connectivity index (χ0n) is 14.5. The first kappa shape index (κ1) is 17.0. The molecule has 126 valence electrons. The zero-order chi connectivity index (χ0) is 17.1. The smallest absolute Gasteiger partial charge is 0.317 e. The minimum absolute atomic E-state index is 0.105. The Kier molecular flexibility index (Phi) is 5.02. The van der Waals surface area contributed by atoms with E-state index in [4.69, 9.17) is 4.52 Å². The molecule has 8 nitrogen and oxygen atoms in total. The summed E-state index contributed by atoms with van der Waals surface area (Å²) in [5.41, 5.74) is 3.05. The van der Waals surface area contributed by atoms with Gasteiger partial charge < -0.3 is 14.7 Å². The van der Waals surface area contributed by atoms with Gasteiger partial charge in [0.1, 0.15) is 0 Å². The maximum absolute atomic E-state index is 12.3. The number of hydrogen-bond acceptors (Lipinski definition) is 5. The van der Waals surface area contributed by atoms with Crippen molar-refractivity contribution in [2.24, 2.45) is 7.05 Å². The summed E-state index contributed by atoms with van der Waals surface area (Å²) < 4.78 is 6.75. The molecule has 0 aliphatic heterocycles. The van der Waals surface area contributed by atoms with Crippen LogP contribution in [0.2, 0.25) is 0 Å². The second-order valence-corrected chi connectivity index (χ2v) is 5.78. The van der Waals surface area contributed by atoms with Crippen LogP contribution < -0.4 is 5.32 Å². The predicted molar refractivity (Wildman–Crippen MR) is 85.0 cm³/mol. The van der Waals surface area contributed by atoms with Gasteiger partial charge in [-0.15, -0.1) is 0 Å². The average molecular weight is 320 g/mol. The Morgan fingerprint density at radius 1 is 1.39 bits per heavy atom. The Balaban J connectivity index is 1.92. The number of aryl methyl sites for hydroxylation is 3. The summed E-state index contributed by atoms with van der Waals surface area (Å²) in [6.07, 6.45) is 0.556. The van der Waals surface area contributed by atoms with Crippen molar-refractivity contribution >= 4 is 6.03 Å². The molecule has 2 heterocycles. The fourth-order valence-electron chi connectivity index (χ4n) is 2.60. The van der Waals surface area contributed by atoms with Crippen LogP contribution in [-0.4, -0.2) is 44.4 Å². The van der Waals surface area contributed by atoms with Gasteiger partial charge in [0.05, 0.1) is 11.7 Å². The number of carbonyl (C=O) groups excluding carboxylic acids is 1. The van der Waals surface area contributed by atoms with Crippen molar-refractivity contribution in [1.29, 1.82) is 0 Å². The lowest BCUT2D eigenvalue weighted by molar-refractivity contribution is 0.205. The number of amides is 2. The van der Waals surface area contributed by atoms with Crippen LogP contribution in [0.15, 0.2) is 4.52 Å². The largest absolute Gasteiger partial charge is 0.340 e. The Labute approximate surface area is 135 Å². The fraction of sp³-hybridized carbons (Fsp3) is 0.600. The van der Waals surface area contributed by atoms with Gasteiger partial charge in [0.2, 0.25) is 5.89 Å². The van der Waals surface area contributed by atoms with Crippen LogP contribution in [0.25, 0.3) is 0 Å². The van der Waals surface area contributed by atoms with Crippen LogP contribution in [0, 0.1) is 20.8 Å². The first-order chi connectivity index (χ1) is 10.8. The monoisotopic (exact) mass is 320 g/mol. The van der Waals surface area contributed by atoms with Gasteiger partial charge in [0.15, 0.2) is 5.82 Å². The number of aromatic nitrogens is 4. The minimum atomic E-state index is -0.139. The summed E-state index contributed by atoms with van der Waals surface area (Å²) in [5, 5.41) is 11.2. The molecule has 0 spiro atoms. The first-order valence-electron chi connectivity index (χ1n) is 7.60. The van der Waals surface area contributed by atoms with E-state index in [-0.39, 0.29) is 12.1 Å². The number of hydrogen-bond donors (Lipinski definition) is 1. The lowest BCUT2D eigenvalue weighted by Crippen LogP contribution is -2.39. The van der Waals surface area contributed by atoms with E-state index in [0.29, 0.717) is 24.7 Å². The van der Waals surface area contributed by atoms with E-state index in [2.05, 4.69) is 20.6 Å². The van der Waals surface area contributed by atoms with Crippen molar-refractivity contribution in [3.63, 3.8) is 0 Å². The topological polar surface area (TPSA) is 89.1 Å². The van der Waals surface area contributed by atoms with Gasteiger partial charge in [-0.05, 0) is 20.8 Å². The van der Waals surface area contributed by atoms with E-state index in [1.165, 1.54) is 0 Å². The molecule has 0 saturated heterocycles. The summed E-state index contributed by atoms with van der Waals surface area (Å²) in [6, 6.07) is -0.244. The molecular formula is C15H24N6O2. The molecule has 8 heteroatoms. The summed E-state index contributed by atoms with van der Waals surface area (Å²) >= 11 is 0. The Morgan fingerprint density at radius 3 is 2.61 bits per heavy atom. The summed E-state index contributed by atoms with van der Waals surface area (Å²) in [5.74, 6) is 1.14. The van der Waals surface area contributed by atoms with E-state index in [1.54, 1.807) is 18.9 Å². The average Bonchev–Trinajstić information content (AvgIpc) is 3.00. The number of nitrogens with one attached hydrogen (secondary N) is 1. The van der Waals surface area contributed by atoms with Crippen molar-refractivity contribution in [3.05, 3.63) is 28.7 Å². The first-order valence-corrected chi connectivity index (χ1v) is 7.60. The lowest BCUT2D eigenvalue weighted by atomic mass is 10.1. The highest BCUT2D eigenvalue weighted by Crippen LogP contribution is 2.20. The van der Waals surface area contributed by atoms with Gasteiger partial charge >= 0.3 is 6.03 Å². The Morgan fingerprint density at radius 2 is 2.09 bits per heavy atom. The second-order valence-electron chi connectivity index (χ2n) is 5.78. The SMILES string of the molecule is Cc1nc(CCN(C)C(=O)N[C@H](C)c2c(C)nn(C)c2C)no1. The Hall–Kier alpha value is -2.38. The molecule has 2 aromatic rings. The molecule has 0 aliphatic rings. The molecule has 0 fully saturated rings. The molecule has 0 radical (unpaired) electrons. The normalized spacial score (nSPS) is 12.3. The molecule has 0 unspecified atom stereocenters. The van der Waals surface area contributed by atoms with Crippen molar-refractivity contribution in [2.45, 2.75) is 40.2 Å². The molecule has 23 heavy (non-hydrogen) atoms. The summed E-state index contributed by atoms with van der Waals surface area (Å²) in [4.78, 5) is 18.0. The number of nitrogens with zero attached hydrogens (tertiary/aromatic N) is 5. The van der Waals surface area contributed by atoms with Crippen molar-refractivity contribution in [1.82, 2.24) is 30.1 Å². The molecule has 0 aromatic carbocycles. The minimum Gasteiger partial charge on any atom is -0.340 e. The van der Waals surface area contributed by atoms with Crippen molar-refractivity contribution < 1.29 is 9.32 Å². The highest BCUT2D eigenvalue weighted by molar-refractivity contribution is 5.74. The van der Waals surface area contributed by atoms with E-state index in [9.17, 15) is 4.79 Å². The van der Waals surface area contributed by atoms with Crippen LogP contribution >= 0.6 is 0 Å². The quantitative estimate of drug-likeness (QED) is 0.905. The van der Waals surface area contributed by atoms with Crippen LogP contribution in [0.5, 0.6) is 0 Å². The van der Waals surface area contributed by atoms with Crippen molar-refractivity contribution in [3.8, 4) is 0 Å². The molecule has 1 atom stereocenters. The number of rotatable bonds is 5. The van der Waals surface area contributed by atoms with E-state index < -0.39 is 0 Å². The molecule has 2 amide bonds. The third-order valence-electron chi connectivity index (χ3n) is 3.93. The zero-order valence-corrected chi connectivity index (χ0v) is 14.5. The van der Waals surface area contributed by atoms with Crippen LogP contribution in [0.3, 0.4) is 0 Å². The third kappa shape index (κ3) is 3.88. The van der Waals surface area contributed by atoms with Gasteiger partial charge in [-0.1, -0.05) is 5.16 Å². The standard InChI is InChI=1S/C15H24N6O2/c1-9(14-10(2)18-21(6)11(14)3)16-15(22)20(5)8-7-13-17-12(4)23-19-13/h9H,7-8H2,1-6H3,(H,16,22)/t9-/m1/s1. The van der Waals surface area contributed by atoms with Gasteiger partial charge in [0, 0.05) is 45.2 Å². The highest BCUT2D eigenvalue weighted by Gasteiger charge is 2.19. The number of likely N-dealkylation sites (N-methyl/N-ethyl adjacent to an activating group) is 1. The predicted octanol–water partition coefficient (Wildman–Crippen LogP) is 1.67. The highest BCUT2D eigenvalue weighted by atomic mass is 16.5. The van der Waals surface area contributed by atoms with E-state index >= 15 is 0 Å². The maximum atomic E-state index is 12.3. The molecular weight excluding hydrogens is 296 g/mol. The Bertz CT molecular complexity index is 690. The molecule has 2 rings (SSSR count). The fourth-order valence-corrected chi connectivity index (χ4v) is 2.60. The van der Waals surface area contributed by atoms with Crippen LogP contribution in [0.1, 0.15) is 41.6 Å². The van der Waals surface area contributed by atoms with Gasteiger partial charge in [-0.25, -0.2) is 4.79 Å². The number of urea groups is 1. The van der Waals surface area contributed by atoms with Crippen LogP contribution in [0.4, 0.5) is 4.79 Å². The third-order valence-corrected chi connectivity index (χ3v) is 3.93. The van der Waals surface area contributed by atoms with E-state index in [1.807, 2.05) is 32.5 Å². The maximum Gasteiger partial charge on any atom is 0.317 e. The summed E-state index contributed by atoms with van der Waals surface area (Å²) in [7, 11) is 3.65. The second kappa shape index (κ2) is 6.80. The number of carbonyl (C=O) groups is 1. The molecule has 2 aromatic heterocycles. The van der Waals surface area contributed by atoms with Crippen LogP contribution in [-0.2, 0) is 13.5 Å². The summed E-state index contributed by atoms with van der Waals surface area (Å²) in [6.45, 7) is 8.18. The van der Waals surface area contributed by atoms with Crippen molar-refractivity contribution in [2.75, 3.05) is 13.6 Å². The van der Waals surface area contributed by atoms with Gasteiger partial charge in [0.25, 0.3) is 0 Å². The lowest BCUT2D eigenvalue weighted by Gasteiger charge is -2.21. The van der Waals surface area contributed by atoms with E-state index in [0.717, 1.165) is 17.0 Å². The molecule has 0 aliphatic carbocycles. The molecule has 0 bridgehead atoms. The van der Waals surface area contributed by atoms with Gasteiger partial charge in [-0.3, -0.25) is 4.68 Å². The molecule has 1 N–H and O–H groups in total. The molecule has 0 saturated carbocycles.